The number of nitrogens with one attached hydrogen (secondary N) is 2. The Kier molecular flexibility index (Phi) is 5.85. The molecule has 3 rings (SSSR count). The molecule has 0 aliphatic carbocycles. The smallest absolute Gasteiger partial charge is 0.273 e. The molecule has 9 heteroatoms. The second-order valence-corrected chi connectivity index (χ2v) is 8.70. The minimum atomic E-state index is -3.55. The Balaban J connectivity index is 1.53. The van der Waals surface area contributed by atoms with Gasteiger partial charge in [-0.15, -0.1) is 0 Å². The summed E-state index contributed by atoms with van der Waals surface area (Å²) in [4.78, 5) is 24.7. The highest BCUT2D eigenvalue weighted by atomic mass is 32.2. The van der Waals surface area contributed by atoms with Gasteiger partial charge < -0.3 is 4.42 Å². The van der Waals surface area contributed by atoms with Gasteiger partial charge in [0.15, 0.2) is 0 Å². The topological polar surface area (TPSA) is 109 Å². The SMILES string of the molecule is Cc1cc(C(=O)NNC(=O)C2CCN(S(=O)(=O)c3ccccc3)CC2)c(C)o1. The maximum absolute atomic E-state index is 12.6. The molecule has 0 spiro atoms. The predicted molar refractivity (Wildman–Crippen MR) is 102 cm³/mol. The average molecular weight is 405 g/mol. The number of aryl methyl sites for hydroxylation is 2. The third-order valence-corrected chi connectivity index (χ3v) is 6.70. The van der Waals surface area contributed by atoms with Gasteiger partial charge in [0.25, 0.3) is 5.91 Å². The van der Waals surface area contributed by atoms with E-state index in [0.29, 0.717) is 29.9 Å². The number of sulfonamides is 1. The van der Waals surface area contributed by atoms with Crippen LogP contribution in [0, 0.1) is 19.8 Å². The van der Waals surface area contributed by atoms with Crippen molar-refractivity contribution in [2.24, 2.45) is 5.92 Å². The number of piperidine rings is 1. The number of rotatable bonds is 4. The Morgan fingerprint density at radius 2 is 1.71 bits per heavy atom. The Bertz CT molecular complexity index is 961. The molecule has 1 aliphatic heterocycles. The van der Waals surface area contributed by atoms with E-state index in [1.807, 2.05) is 0 Å². The fourth-order valence-electron chi connectivity index (χ4n) is 3.24. The van der Waals surface area contributed by atoms with Crippen LogP contribution in [-0.4, -0.2) is 37.6 Å². The average Bonchev–Trinajstić information content (AvgIpc) is 3.04. The molecule has 0 saturated carbocycles. The first-order chi connectivity index (χ1) is 13.3. The summed E-state index contributed by atoms with van der Waals surface area (Å²) >= 11 is 0. The number of hydrogen-bond acceptors (Lipinski definition) is 5. The Morgan fingerprint density at radius 1 is 1.07 bits per heavy atom. The van der Waals surface area contributed by atoms with Gasteiger partial charge in [0.2, 0.25) is 15.9 Å². The first kappa shape index (κ1) is 20.1. The van der Waals surface area contributed by atoms with E-state index < -0.39 is 15.9 Å². The molecule has 0 bridgehead atoms. The third kappa shape index (κ3) is 4.26. The summed E-state index contributed by atoms with van der Waals surface area (Å²) in [6.45, 7) is 3.92. The molecule has 2 N–H and O–H groups in total. The fraction of sp³-hybridized carbons (Fsp3) is 0.368. The van der Waals surface area contributed by atoms with Crippen LogP contribution in [0.15, 0.2) is 45.7 Å². The second-order valence-electron chi connectivity index (χ2n) is 6.76. The van der Waals surface area contributed by atoms with Crippen LogP contribution in [0.3, 0.4) is 0 Å². The molecule has 2 amide bonds. The molecule has 1 saturated heterocycles. The molecule has 2 aromatic rings. The van der Waals surface area contributed by atoms with E-state index >= 15 is 0 Å². The number of hydrazine groups is 1. The van der Waals surface area contributed by atoms with E-state index in [-0.39, 0.29) is 29.8 Å². The Labute approximate surface area is 163 Å². The molecular formula is C19H23N3O5S. The number of amides is 2. The van der Waals surface area contributed by atoms with Crippen LogP contribution in [0.4, 0.5) is 0 Å². The van der Waals surface area contributed by atoms with Gasteiger partial charge in [-0.1, -0.05) is 18.2 Å². The van der Waals surface area contributed by atoms with Crippen molar-refractivity contribution < 1.29 is 22.4 Å². The van der Waals surface area contributed by atoms with Crippen LogP contribution in [-0.2, 0) is 14.8 Å². The van der Waals surface area contributed by atoms with Gasteiger partial charge in [-0.05, 0) is 44.9 Å². The summed E-state index contributed by atoms with van der Waals surface area (Å²) in [5.41, 5.74) is 5.17. The van der Waals surface area contributed by atoms with E-state index in [0.717, 1.165) is 0 Å². The highest BCUT2D eigenvalue weighted by Gasteiger charge is 2.32. The molecule has 2 heterocycles. The highest BCUT2D eigenvalue weighted by Crippen LogP contribution is 2.23. The molecule has 1 aromatic carbocycles. The molecular weight excluding hydrogens is 382 g/mol. The van der Waals surface area contributed by atoms with Crippen LogP contribution in [0.2, 0.25) is 0 Å². The van der Waals surface area contributed by atoms with Gasteiger partial charge in [0, 0.05) is 19.0 Å². The molecule has 1 aromatic heterocycles. The number of carbonyl (C=O) groups excluding carboxylic acids is 2. The molecule has 1 aliphatic rings. The normalized spacial score (nSPS) is 15.9. The van der Waals surface area contributed by atoms with Crippen LogP contribution in [0.1, 0.15) is 34.7 Å². The maximum atomic E-state index is 12.6. The van der Waals surface area contributed by atoms with Crippen LogP contribution < -0.4 is 10.9 Å². The van der Waals surface area contributed by atoms with E-state index in [4.69, 9.17) is 4.42 Å². The molecule has 0 radical (unpaired) electrons. The van der Waals surface area contributed by atoms with Crippen molar-refractivity contribution in [1.82, 2.24) is 15.2 Å². The van der Waals surface area contributed by atoms with Crippen molar-refractivity contribution in [2.45, 2.75) is 31.6 Å². The zero-order chi connectivity index (χ0) is 20.3. The van der Waals surface area contributed by atoms with Crippen molar-refractivity contribution in [2.75, 3.05) is 13.1 Å². The summed E-state index contributed by atoms with van der Waals surface area (Å²) in [6, 6.07) is 9.84. The molecule has 1 fully saturated rings. The number of benzene rings is 1. The Hall–Kier alpha value is -2.65. The van der Waals surface area contributed by atoms with Crippen LogP contribution in [0.5, 0.6) is 0 Å². The lowest BCUT2D eigenvalue weighted by molar-refractivity contribution is -0.126. The van der Waals surface area contributed by atoms with E-state index in [9.17, 15) is 18.0 Å². The van der Waals surface area contributed by atoms with Crippen LogP contribution in [0.25, 0.3) is 0 Å². The van der Waals surface area contributed by atoms with Gasteiger partial charge >= 0.3 is 0 Å². The quantitative estimate of drug-likeness (QED) is 0.754. The largest absolute Gasteiger partial charge is 0.466 e. The first-order valence-corrected chi connectivity index (χ1v) is 10.5. The molecule has 150 valence electrons. The summed E-state index contributed by atoms with van der Waals surface area (Å²) in [6.07, 6.45) is 0.773. The predicted octanol–water partition coefficient (Wildman–Crippen LogP) is 1.76. The molecule has 8 nitrogen and oxygen atoms in total. The van der Waals surface area contributed by atoms with Crippen molar-refractivity contribution in [1.29, 1.82) is 0 Å². The lowest BCUT2D eigenvalue weighted by Gasteiger charge is -2.30. The molecule has 0 unspecified atom stereocenters. The van der Waals surface area contributed by atoms with Crippen molar-refractivity contribution in [3.8, 4) is 0 Å². The number of nitrogens with zero attached hydrogens (tertiary/aromatic N) is 1. The molecule has 0 atom stereocenters. The van der Waals surface area contributed by atoms with E-state index in [2.05, 4.69) is 10.9 Å². The zero-order valence-corrected chi connectivity index (χ0v) is 16.6. The number of carbonyl (C=O) groups is 2. The summed E-state index contributed by atoms with van der Waals surface area (Å²) in [7, 11) is -3.55. The zero-order valence-electron chi connectivity index (χ0n) is 15.8. The summed E-state index contributed by atoms with van der Waals surface area (Å²) in [5, 5.41) is 0. The standard InChI is InChI=1S/C19H23N3O5S/c1-13-12-17(14(2)27-13)19(24)21-20-18(23)15-8-10-22(11-9-15)28(25,26)16-6-4-3-5-7-16/h3-7,12,15H,8-11H2,1-2H3,(H,20,23)(H,21,24). The van der Waals surface area contributed by atoms with Gasteiger partial charge in [0.1, 0.15) is 11.5 Å². The number of hydrogen-bond donors (Lipinski definition) is 2. The molecule has 28 heavy (non-hydrogen) atoms. The van der Waals surface area contributed by atoms with Gasteiger partial charge in [0.05, 0.1) is 10.5 Å². The van der Waals surface area contributed by atoms with E-state index in [1.165, 1.54) is 4.31 Å². The monoisotopic (exact) mass is 405 g/mol. The van der Waals surface area contributed by atoms with Crippen molar-refractivity contribution in [3.63, 3.8) is 0 Å². The third-order valence-electron chi connectivity index (χ3n) is 4.79. The highest BCUT2D eigenvalue weighted by molar-refractivity contribution is 7.89. The maximum Gasteiger partial charge on any atom is 0.273 e. The van der Waals surface area contributed by atoms with Gasteiger partial charge in [-0.2, -0.15) is 4.31 Å². The fourth-order valence-corrected chi connectivity index (χ4v) is 4.73. The first-order valence-electron chi connectivity index (χ1n) is 9.01. The lowest BCUT2D eigenvalue weighted by Crippen LogP contribution is -2.48. The lowest BCUT2D eigenvalue weighted by atomic mass is 9.98. The van der Waals surface area contributed by atoms with Crippen LogP contribution >= 0.6 is 0 Å². The minimum Gasteiger partial charge on any atom is -0.466 e. The van der Waals surface area contributed by atoms with Crippen molar-refractivity contribution >= 4 is 21.8 Å². The van der Waals surface area contributed by atoms with Gasteiger partial charge in [-0.3, -0.25) is 20.4 Å². The Morgan fingerprint density at radius 3 is 2.29 bits per heavy atom. The number of furan rings is 1. The summed E-state index contributed by atoms with van der Waals surface area (Å²) in [5.74, 6) is -0.0610. The van der Waals surface area contributed by atoms with E-state index in [1.54, 1.807) is 50.2 Å². The minimum absolute atomic E-state index is 0.246. The van der Waals surface area contributed by atoms with Gasteiger partial charge in [-0.25, -0.2) is 8.42 Å². The van der Waals surface area contributed by atoms with Crippen molar-refractivity contribution in [3.05, 3.63) is 53.5 Å². The summed E-state index contributed by atoms with van der Waals surface area (Å²) < 4.78 is 32.0. The second kappa shape index (κ2) is 8.15.